The van der Waals surface area contributed by atoms with Crippen LogP contribution in [0.2, 0.25) is 0 Å². The number of nitrogens with zero attached hydrogens (tertiary/aromatic N) is 1. The molecule has 5 aliphatic rings. The predicted octanol–water partition coefficient (Wildman–Crippen LogP) is 3.98. The summed E-state index contributed by atoms with van der Waals surface area (Å²) in [5.74, 6) is 0.473. The molecule has 9 unspecified atom stereocenters. The predicted molar refractivity (Wildman–Crippen MR) is 140 cm³/mol. The Kier molecular flexibility index (Phi) is 6.12. The van der Waals surface area contributed by atoms with Crippen LogP contribution in [0.4, 0.5) is 4.39 Å². The zero-order valence-electron chi connectivity index (χ0n) is 23.1. The number of hydrogen-bond acceptors (Lipinski definition) is 7. The molecule has 0 aromatic carbocycles. The molecule has 2 heterocycles. The van der Waals surface area contributed by atoms with Gasteiger partial charge in [-0.15, -0.1) is 0 Å². The van der Waals surface area contributed by atoms with Crippen LogP contribution in [0, 0.1) is 46.8 Å². The number of aliphatic hydroxyl groups is 1. The van der Waals surface area contributed by atoms with Gasteiger partial charge in [0.25, 0.3) is 0 Å². The molecule has 8 heteroatoms. The van der Waals surface area contributed by atoms with E-state index in [1.807, 2.05) is 26.0 Å². The van der Waals surface area contributed by atoms with E-state index in [1.165, 1.54) is 19.1 Å². The molecule has 0 radical (unpaired) electrons. The van der Waals surface area contributed by atoms with Gasteiger partial charge in [-0.05, 0) is 79.2 Å². The molecule has 1 aromatic rings. The Hall–Kier alpha value is -2.58. The Morgan fingerprint density at radius 1 is 1.26 bits per heavy atom. The van der Waals surface area contributed by atoms with E-state index >= 15 is 4.39 Å². The number of alkyl halides is 1. The molecular formula is C31H38FNO6. The van der Waals surface area contributed by atoms with Gasteiger partial charge >= 0.3 is 5.97 Å². The van der Waals surface area contributed by atoms with Crippen LogP contribution in [0.1, 0.15) is 51.6 Å². The Morgan fingerprint density at radius 3 is 2.72 bits per heavy atom. The van der Waals surface area contributed by atoms with Crippen LogP contribution in [0.3, 0.4) is 0 Å². The maximum Gasteiger partial charge on any atom is 0.303 e. The third-order valence-electron chi connectivity index (χ3n) is 11.2. The first-order valence-electron chi connectivity index (χ1n) is 14.1. The van der Waals surface area contributed by atoms with Crippen molar-refractivity contribution in [2.45, 2.75) is 65.8 Å². The van der Waals surface area contributed by atoms with Gasteiger partial charge in [-0.2, -0.15) is 0 Å². The number of allylic oxidation sites excluding steroid dienone is 4. The summed E-state index contributed by atoms with van der Waals surface area (Å²) in [5.41, 5.74) is -1.71. The fraction of sp³-hybridized carbons (Fsp3) is 0.645. The highest BCUT2D eigenvalue weighted by Crippen LogP contribution is 2.72. The highest BCUT2D eigenvalue weighted by atomic mass is 19.1. The summed E-state index contributed by atoms with van der Waals surface area (Å²) in [6, 6.07) is 3.88. The van der Waals surface area contributed by atoms with Gasteiger partial charge in [0, 0.05) is 31.3 Å². The molecule has 1 N–H and O–H groups in total. The zero-order valence-corrected chi connectivity index (χ0v) is 23.1. The van der Waals surface area contributed by atoms with E-state index in [0.29, 0.717) is 31.6 Å². The van der Waals surface area contributed by atoms with Crippen LogP contribution in [-0.4, -0.2) is 59.5 Å². The number of fused-ring (bicyclic) bond motifs is 7. The number of carbonyl (C=O) groups excluding carboxylic acids is 3. The molecule has 3 saturated carbocycles. The smallest absolute Gasteiger partial charge is 0.303 e. The van der Waals surface area contributed by atoms with Crippen molar-refractivity contribution in [2.75, 3.05) is 19.7 Å². The van der Waals surface area contributed by atoms with Gasteiger partial charge < -0.3 is 14.3 Å². The summed E-state index contributed by atoms with van der Waals surface area (Å²) >= 11 is 0. The molecule has 4 aliphatic carbocycles. The van der Waals surface area contributed by atoms with Crippen molar-refractivity contribution in [3.63, 3.8) is 0 Å². The van der Waals surface area contributed by atoms with Gasteiger partial charge in [0.1, 0.15) is 17.7 Å². The second kappa shape index (κ2) is 8.96. The van der Waals surface area contributed by atoms with E-state index in [-0.39, 0.29) is 48.3 Å². The van der Waals surface area contributed by atoms with Crippen LogP contribution in [-0.2, 0) is 25.7 Å². The number of ether oxygens (including phenoxy) is 1. The minimum absolute atomic E-state index is 0.0103. The second-order valence-electron chi connectivity index (χ2n) is 13.1. The number of hydrogen-bond donors (Lipinski definition) is 1. The maximum atomic E-state index is 15.8. The molecule has 0 spiro atoms. The Labute approximate surface area is 228 Å². The number of esters is 1. The fourth-order valence-electron chi connectivity index (χ4n) is 9.71. The Balaban J connectivity index is 1.38. The van der Waals surface area contributed by atoms with Crippen molar-refractivity contribution >= 4 is 17.5 Å². The maximum absolute atomic E-state index is 15.8. The van der Waals surface area contributed by atoms with Crippen LogP contribution in [0.25, 0.3) is 0 Å². The normalized spacial score (nSPS) is 42.8. The average Bonchev–Trinajstić information content (AvgIpc) is 3.50. The lowest BCUT2D eigenvalue weighted by Gasteiger charge is -2.60. The minimum atomic E-state index is -1.27. The van der Waals surface area contributed by atoms with Gasteiger partial charge in [0.05, 0.1) is 18.1 Å². The molecule has 39 heavy (non-hydrogen) atoms. The quantitative estimate of drug-likeness (QED) is 0.566. The van der Waals surface area contributed by atoms with Crippen molar-refractivity contribution in [3.8, 4) is 0 Å². The van der Waals surface area contributed by atoms with Crippen LogP contribution in [0.15, 0.2) is 40.4 Å². The molecule has 1 saturated heterocycles. The van der Waals surface area contributed by atoms with Crippen LogP contribution < -0.4 is 0 Å². The number of halogens is 1. The summed E-state index contributed by atoms with van der Waals surface area (Å²) < 4.78 is 26.9. The summed E-state index contributed by atoms with van der Waals surface area (Å²) in [4.78, 5) is 40.2. The number of likely N-dealkylation sites (tertiary alicyclic amines) is 1. The van der Waals surface area contributed by atoms with Gasteiger partial charge in [0.15, 0.2) is 18.2 Å². The van der Waals surface area contributed by atoms with E-state index in [1.54, 1.807) is 6.08 Å². The molecule has 4 fully saturated rings. The number of Topliss-reactive ketones (excluding diaryl/α,β-unsaturated/α-hetero) is 1. The molecule has 1 aliphatic heterocycles. The van der Waals surface area contributed by atoms with E-state index in [9.17, 15) is 19.5 Å². The summed E-state index contributed by atoms with van der Waals surface area (Å²) in [7, 11) is 0. The lowest BCUT2D eigenvalue weighted by Crippen LogP contribution is -2.61. The van der Waals surface area contributed by atoms with Gasteiger partial charge in [-0.1, -0.05) is 19.9 Å². The number of rotatable bonds is 5. The molecule has 6 rings (SSSR count). The van der Waals surface area contributed by atoms with Crippen molar-refractivity contribution in [3.05, 3.63) is 47.5 Å². The first-order valence-corrected chi connectivity index (χ1v) is 14.1. The van der Waals surface area contributed by atoms with Crippen molar-refractivity contribution in [1.29, 1.82) is 0 Å². The number of aliphatic hydroxyl groups excluding tert-OH is 1. The topological polar surface area (TPSA) is 97.1 Å². The minimum Gasteiger partial charge on any atom is -0.465 e. The standard InChI is InChI=1S/C31H38FNO6/c1-17-5-6-21(39-17)14-33-13-19-9-23-22-11-25(32)24-10-20(35)7-8-29(24,3)28(22)26(36)12-30(23,4)31(19,16-33)27(37)15-38-18(2)34/h5-8,10,19,22-23,25-26,28,36H,9,11-16H2,1-4H3. The van der Waals surface area contributed by atoms with E-state index in [4.69, 9.17) is 9.15 Å². The fourth-order valence-corrected chi connectivity index (χ4v) is 9.71. The highest BCUT2D eigenvalue weighted by Gasteiger charge is 2.73. The van der Waals surface area contributed by atoms with Crippen LogP contribution >= 0.6 is 0 Å². The molecule has 210 valence electrons. The second-order valence-corrected chi connectivity index (χ2v) is 13.1. The molecule has 7 nitrogen and oxygen atoms in total. The third kappa shape index (κ3) is 3.77. The summed E-state index contributed by atoms with van der Waals surface area (Å²) in [6.45, 7) is 8.68. The Morgan fingerprint density at radius 2 is 2.03 bits per heavy atom. The van der Waals surface area contributed by atoms with Gasteiger partial charge in [0.2, 0.25) is 0 Å². The SMILES string of the molecule is CC(=O)OCC(=O)C12CN(Cc3ccc(C)o3)CC1CC1C3CC(F)C4=CC(=O)C=CC4(C)C3C(O)CC12C. The van der Waals surface area contributed by atoms with E-state index in [0.717, 1.165) is 17.9 Å². The Bertz CT molecular complexity index is 1280. The van der Waals surface area contributed by atoms with Crippen LogP contribution in [0.5, 0.6) is 0 Å². The monoisotopic (exact) mass is 539 g/mol. The van der Waals surface area contributed by atoms with Gasteiger partial charge in [-0.3, -0.25) is 19.3 Å². The van der Waals surface area contributed by atoms with Crippen molar-refractivity contribution < 1.29 is 33.0 Å². The number of carbonyl (C=O) groups is 3. The molecule has 0 bridgehead atoms. The van der Waals surface area contributed by atoms with Gasteiger partial charge in [-0.25, -0.2) is 4.39 Å². The van der Waals surface area contributed by atoms with Crippen molar-refractivity contribution in [2.24, 2.45) is 39.9 Å². The number of ketones is 2. The molecule has 0 amide bonds. The first-order chi connectivity index (χ1) is 18.4. The molecule has 9 atom stereocenters. The lowest BCUT2D eigenvalue weighted by atomic mass is 9.44. The number of aryl methyl sites for hydroxylation is 1. The lowest BCUT2D eigenvalue weighted by molar-refractivity contribution is -0.166. The number of furan rings is 1. The molecule has 1 aromatic heterocycles. The highest BCUT2D eigenvalue weighted by molar-refractivity contribution is 6.01. The third-order valence-corrected chi connectivity index (χ3v) is 11.2. The van der Waals surface area contributed by atoms with Crippen molar-refractivity contribution in [1.82, 2.24) is 4.90 Å². The summed E-state index contributed by atoms with van der Waals surface area (Å²) in [5, 5.41) is 11.8. The largest absolute Gasteiger partial charge is 0.465 e. The summed E-state index contributed by atoms with van der Waals surface area (Å²) in [6.07, 6.45) is 4.06. The first kappa shape index (κ1) is 26.6. The molecular weight excluding hydrogens is 501 g/mol. The van der Waals surface area contributed by atoms with E-state index < -0.39 is 34.5 Å². The zero-order chi connectivity index (χ0) is 27.9. The van der Waals surface area contributed by atoms with E-state index in [2.05, 4.69) is 11.8 Å². The average molecular weight is 540 g/mol.